The van der Waals surface area contributed by atoms with Crippen molar-refractivity contribution in [3.05, 3.63) is 6.33 Å². The predicted octanol–water partition coefficient (Wildman–Crippen LogP) is 3.26. The Morgan fingerprint density at radius 3 is 2.90 bits per heavy atom. The predicted molar refractivity (Wildman–Crippen MR) is 79.4 cm³/mol. The van der Waals surface area contributed by atoms with Gasteiger partial charge in [0, 0.05) is 6.54 Å². The molecule has 0 bridgehead atoms. The van der Waals surface area contributed by atoms with Gasteiger partial charge in [-0.05, 0) is 31.6 Å². The van der Waals surface area contributed by atoms with Crippen LogP contribution in [-0.2, 0) is 0 Å². The molecular formula is C15H25N3O2. The van der Waals surface area contributed by atoms with Gasteiger partial charge in [0.2, 0.25) is 5.75 Å². The zero-order chi connectivity index (χ0) is 14.4. The third-order valence-corrected chi connectivity index (χ3v) is 3.68. The first-order valence-electron chi connectivity index (χ1n) is 7.54. The molecule has 0 aromatic carbocycles. The molecule has 0 radical (unpaired) electrons. The summed E-state index contributed by atoms with van der Waals surface area (Å²) >= 11 is 0. The van der Waals surface area contributed by atoms with Gasteiger partial charge in [-0.25, -0.2) is 4.98 Å². The molecule has 1 aromatic rings. The van der Waals surface area contributed by atoms with Crippen molar-refractivity contribution in [2.45, 2.75) is 52.1 Å². The van der Waals surface area contributed by atoms with Crippen molar-refractivity contribution in [1.29, 1.82) is 0 Å². The molecule has 1 aromatic heterocycles. The molecule has 0 spiro atoms. The Kier molecular flexibility index (Phi) is 5.44. The first-order chi connectivity index (χ1) is 9.74. The van der Waals surface area contributed by atoms with E-state index in [1.807, 2.05) is 0 Å². The lowest BCUT2D eigenvalue weighted by Gasteiger charge is -2.27. The monoisotopic (exact) mass is 279 g/mol. The van der Waals surface area contributed by atoms with E-state index in [4.69, 9.17) is 9.47 Å². The molecule has 112 valence electrons. The maximum Gasteiger partial charge on any atom is 0.262 e. The van der Waals surface area contributed by atoms with Crippen LogP contribution < -0.4 is 14.8 Å². The number of aromatic nitrogens is 2. The van der Waals surface area contributed by atoms with E-state index in [1.165, 1.54) is 19.2 Å². The van der Waals surface area contributed by atoms with E-state index in [-0.39, 0.29) is 6.10 Å². The number of anilines is 1. The van der Waals surface area contributed by atoms with Crippen molar-refractivity contribution in [3.8, 4) is 11.6 Å². The van der Waals surface area contributed by atoms with Crippen molar-refractivity contribution < 1.29 is 9.47 Å². The average Bonchev–Trinajstić information content (AvgIpc) is 2.45. The molecule has 2 unspecified atom stereocenters. The van der Waals surface area contributed by atoms with Crippen molar-refractivity contribution in [2.24, 2.45) is 5.92 Å². The molecular weight excluding hydrogens is 254 g/mol. The molecule has 2 rings (SSSR count). The average molecular weight is 279 g/mol. The summed E-state index contributed by atoms with van der Waals surface area (Å²) in [6.45, 7) is 5.25. The maximum absolute atomic E-state index is 6.05. The third-order valence-electron chi connectivity index (χ3n) is 3.68. The zero-order valence-electron chi connectivity index (χ0n) is 12.7. The van der Waals surface area contributed by atoms with Gasteiger partial charge < -0.3 is 14.8 Å². The first-order valence-corrected chi connectivity index (χ1v) is 7.54. The minimum absolute atomic E-state index is 0.238. The standard InChI is InChI=1S/C15H25N3O2/c1-4-8-16-14-13(19-3)15(18-10-17-14)20-12-7-5-6-11(2)9-12/h10-12H,4-9H2,1-3H3,(H,16,17,18). The second-order valence-corrected chi connectivity index (χ2v) is 5.50. The van der Waals surface area contributed by atoms with Crippen LogP contribution in [0.25, 0.3) is 0 Å². The Morgan fingerprint density at radius 1 is 1.35 bits per heavy atom. The normalized spacial score (nSPS) is 22.4. The SMILES string of the molecule is CCCNc1ncnc(OC2CCCC(C)C2)c1OC. The Morgan fingerprint density at radius 2 is 2.20 bits per heavy atom. The summed E-state index contributed by atoms with van der Waals surface area (Å²) in [6.07, 6.45) is 7.50. The second-order valence-electron chi connectivity index (χ2n) is 5.50. The fourth-order valence-electron chi connectivity index (χ4n) is 2.64. The molecule has 1 N–H and O–H groups in total. The Labute approximate surface area is 121 Å². The number of hydrogen-bond acceptors (Lipinski definition) is 5. The molecule has 1 heterocycles. The Bertz CT molecular complexity index is 426. The number of ether oxygens (including phenoxy) is 2. The van der Waals surface area contributed by atoms with Gasteiger partial charge in [0.1, 0.15) is 12.4 Å². The van der Waals surface area contributed by atoms with Crippen LogP contribution in [0.1, 0.15) is 46.0 Å². The van der Waals surface area contributed by atoms with Gasteiger partial charge in [0.25, 0.3) is 5.88 Å². The summed E-state index contributed by atoms with van der Waals surface area (Å²) in [7, 11) is 1.63. The molecule has 1 fully saturated rings. The topological polar surface area (TPSA) is 56.3 Å². The lowest BCUT2D eigenvalue weighted by atomic mass is 9.89. The lowest BCUT2D eigenvalue weighted by molar-refractivity contribution is 0.119. The summed E-state index contributed by atoms with van der Waals surface area (Å²) in [6, 6.07) is 0. The van der Waals surface area contributed by atoms with Crippen LogP contribution in [0.2, 0.25) is 0 Å². The molecule has 0 amide bonds. The summed E-state index contributed by atoms with van der Waals surface area (Å²) in [5.74, 6) is 2.60. The van der Waals surface area contributed by atoms with Gasteiger partial charge in [0.05, 0.1) is 7.11 Å². The summed E-state index contributed by atoms with van der Waals surface area (Å²) in [4.78, 5) is 8.47. The summed E-state index contributed by atoms with van der Waals surface area (Å²) in [5, 5.41) is 3.24. The number of nitrogens with zero attached hydrogens (tertiary/aromatic N) is 2. The Balaban J connectivity index is 2.09. The van der Waals surface area contributed by atoms with Crippen LogP contribution in [0.4, 0.5) is 5.82 Å². The molecule has 1 aliphatic carbocycles. The largest absolute Gasteiger partial charge is 0.489 e. The van der Waals surface area contributed by atoms with E-state index in [2.05, 4.69) is 29.1 Å². The molecule has 5 heteroatoms. The number of hydrogen-bond donors (Lipinski definition) is 1. The highest BCUT2D eigenvalue weighted by atomic mass is 16.5. The first kappa shape index (κ1) is 14.9. The van der Waals surface area contributed by atoms with Gasteiger partial charge in [-0.2, -0.15) is 4.98 Å². The van der Waals surface area contributed by atoms with Crippen molar-refractivity contribution in [3.63, 3.8) is 0 Å². The number of methoxy groups -OCH3 is 1. The lowest BCUT2D eigenvalue weighted by Crippen LogP contribution is -2.24. The van der Waals surface area contributed by atoms with Gasteiger partial charge in [-0.1, -0.05) is 20.3 Å². The van der Waals surface area contributed by atoms with E-state index < -0.39 is 0 Å². The van der Waals surface area contributed by atoms with Gasteiger partial charge >= 0.3 is 0 Å². The van der Waals surface area contributed by atoms with Crippen molar-refractivity contribution >= 4 is 5.82 Å². The summed E-state index contributed by atoms with van der Waals surface area (Å²) in [5.41, 5.74) is 0. The van der Waals surface area contributed by atoms with Gasteiger partial charge in [0.15, 0.2) is 5.82 Å². The molecule has 2 atom stereocenters. The smallest absolute Gasteiger partial charge is 0.262 e. The number of nitrogens with one attached hydrogen (secondary N) is 1. The molecule has 1 saturated carbocycles. The molecule has 5 nitrogen and oxygen atoms in total. The quantitative estimate of drug-likeness (QED) is 0.866. The van der Waals surface area contributed by atoms with Crippen LogP contribution >= 0.6 is 0 Å². The van der Waals surface area contributed by atoms with E-state index in [9.17, 15) is 0 Å². The minimum atomic E-state index is 0.238. The van der Waals surface area contributed by atoms with Crippen LogP contribution in [0.3, 0.4) is 0 Å². The molecule has 20 heavy (non-hydrogen) atoms. The van der Waals surface area contributed by atoms with E-state index in [0.717, 1.165) is 31.7 Å². The van der Waals surface area contributed by atoms with Gasteiger partial charge in [-0.15, -0.1) is 0 Å². The highest BCUT2D eigenvalue weighted by Gasteiger charge is 2.23. The third kappa shape index (κ3) is 3.74. The van der Waals surface area contributed by atoms with Crippen molar-refractivity contribution in [1.82, 2.24) is 9.97 Å². The molecule has 1 aliphatic rings. The van der Waals surface area contributed by atoms with Gasteiger partial charge in [-0.3, -0.25) is 0 Å². The zero-order valence-corrected chi connectivity index (χ0v) is 12.7. The fraction of sp³-hybridized carbons (Fsp3) is 0.733. The second kappa shape index (κ2) is 7.31. The van der Waals surface area contributed by atoms with Crippen LogP contribution in [0.15, 0.2) is 6.33 Å². The Hall–Kier alpha value is -1.52. The molecule has 0 saturated heterocycles. The fourth-order valence-corrected chi connectivity index (χ4v) is 2.64. The van der Waals surface area contributed by atoms with E-state index >= 15 is 0 Å². The van der Waals surface area contributed by atoms with Crippen molar-refractivity contribution in [2.75, 3.05) is 19.0 Å². The van der Waals surface area contributed by atoms with Crippen LogP contribution in [0.5, 0.6) is 11.6 Å². The summed E-state index contributed by atoms with van der Waals surface area (Å²) < 4.78 is 11.5. The maximum atomic E-state index is 6.05. The van der Waals surface area contributed by atoms with E-state index in [0.29, 0.717) is 17.4 Å². The van der Waals surface area contributed by atoms with Crippen LogP contribution in [0, 0.1) is 5.92 Å². The molecule has 0 aliphatic heterocycles. The van der Waals surface area contributed by atoms with Crippen LogP contribution in [-0.4, -0.2) is 29.7 Å². The minimum Gasteiger partial charge on any atom is -0.489 e. The highest BCUT2D eigenvalue weighted by molar-refractivity contribution is 5.55. The highest BCUT2D eigenvalue weighted by Crippen LogP contribution is 2.34. The number of rotatable bonds is 6. The van der Waals surface area contributed by atoms with E-state index in [1.54, 1.807) is 7.11 Å².